The monoisotopic (exact) mass is 298 g/mol. The van der Waals surface area contributed by atoms with Gasteiger partial charge in [0.25, 0.3) is 0 Å². The van der Waals surface area contributed by atoms with E-state index < -0.39 is 5.41 Å². The van der Waals surface area contributed by atoms with Gasteiger partial charge in [-0.15, -0.1) is 12.4 Å². The Kier molecular flexibility index (Phi) is 9.26. The Balaban J connectivity index is 0.00000361. The van der Waals surface area contributed by atoms with E-state index in [-0.39, 0.29) is 18.3 Å². The van der Waals surface area contributed by atoms with Gasteiger partial charge in [-0.2, -0.15) is 0 Å². The van der Waals surface area contributed by atoms with Crippen molar-refractivity contribution in [2.75, 3.05) is 19.6 Å². The van der Waals surface area contributed by atoms with E-state index in [9.17, 15) is 4.79 Å². The van der Waals surface area contributed by atoms with E-state index in [2.05, 4.69) is 43.5 Å². The standard InChI is InChI=1S/C16H26N2O.ClH/c1-4-16(5-2,14-10-8-7-9-11-14)15(19)18-13-12-17-6-3;/h7-11,17H,4-6,12-13H2,1-3H3,(H,18,19);1H. The fourth-order valence-electron chi connectivity index (χ4n) is 2.48. The van der Waals surface area contributed by atoms with E-state index in [1.54, 1.807) is 0 Å². The first-order chi connectivity index (χ1) is 9.21. The number of carbonyl (C=O) groups excluding carboxylic acids is 1. The zero-order valence-corrected chi connectivity index (χ0v) is 13.6. The van der Waals surface area contributed by atoms with Crippen molar-refractivity contribution in [2.45, 2.75) is 39.0 Å². The SMILES string of the molecule is CCNCCNC(=O)C(CC)(CC)c1ccccc1.Cl. The molecule has 0 spiro atoms. The Morgan fingerprint density at radius 1 is 1.05 bits per heavy atom. The van der Waals surface area contributed by atoms with Gasteiger partial charge in [-0.05, 0) is 24.9 Å². The minimum absolute atomic E-state index is 0. The maximum absolute atomic E-state index is 12.6. The van der Waals surface area contributed by atoms with Gasteiger partial charge in [0.05, 0.1) is 5.41 Å². The smallest absolute Gasteiger partial charge is 0.230 e. The number of nitrogens with one attached hydrogen (secondary N) is 2. The van der Waals surface area contributed by atoms with Crippen LogP contribution < -0.4 is 10.6 Å². The molecule has 2 N–H and O–H groups in total. The number of carbonyl (C=O) groups is 1. The molecule has 0 heterocycles. The summed E-state index contributed by atoms with van der Waals surface area (Å²) >= 11 is 0. The lowest BCUT2D eigenvalue weighted by molar-refractivity contribution is -0.127. The second-order valence-electron chi connectivity index (χ2n) is 4.76. The van der Waals surface area contributed by atoms with Crippen LogP contribution in [0.4, 0.5) is 0 Å². The molecule has 0 aliphatic rings. The summed E-state index contributed by atoms with van der Waals surface area (Å²) in [4.78, 5) is 12.6. The summed E-state index contributed by atoms with van der Waals surface area (Å²) in [7, 11) is 0. The summed E-state index contributed by atoms with van der Waals surface area (Å²) in [5.74, 6) is 0.140. The largest absolute Gasteiger partial charge is 0.354 e. The molecule has 0 saturated heterocycles. The van der Waals surface area contributed by atoms with Crippen LogP contribution in [-0.2, 0) is 10.2 Å². The van der Waals surface area contributed by atoms with Gasteiger partial charge in [0.15, 0.2) is 0 Å². The lowest BCUT2D eigenvalue weighted by Gasteiger charge is -2.31. The third-order valence-electron chi connectivity index (χ3n) is 3.81. The second-order valence-corrected chi connectivity index (χ2v) is 4.76. The van der Waals surface area contributed by atoms with Gasteiger partial charge >= 0.3 is 0 Å². The van der Waals surface area contributed by atoms with Gasteiger partial charge in [0.1, 0.15) is 0 Å². The molecule has 1 aromatic rings. The number of hydrogen-bond donors (Lipinski definition) is 2. The maximum Gasteiger partial charge on any atom is 0.230 e. The van der Waals surface area contributed by atoms with Crippen LogP contribution in [0.1, 0.15) is 39.2 Å². The van der Waals surface area contributed by atoms with E-state index in [0.717, 1.165) is 31.5 Å². The first-order valence-electron chi connectivity index (χ1n) is 7.25. The van der Waals surface area contributed by atoms with Crippen LogP contribution in [0.15, 0.2) is 30.3 Å². The molecule has 0 atom stereocenters. The van der Waals surface area contributed by atoms with E-state index in [1.807, 2.05) is 18.2 Å². The highest BCUT2D eigenvalue weighted by Crippen LogP contribution is 2.31. The van der Waals surface area contributed by atoms with E-state index in [4.69, 9.17) is 0 Å². The number of hydrogen-bond acceptors (Lipinski definition) is 2. The van der Waals surface area contributed by atoms with E-state index in [0.29, 0.717) is 6.54 Å². The normalized spacial score (nSPS) is 10.8. The van der Waals surface area contributed by atoms with Crippen molar-refractivity contribution in [1.82, 2.24) is 10.6 Å². The molecule has 3 nitrogen and oxygen atoms in total. The molecule has 4 heteroatoms. The van der Waals surface area contributed by atoms with Crippen LogP contribution >= 0.6 is 12.4 Å². The van der Waals surface area contributed by atoms with Gasteiger partial charge in [-0.1, -0.05) is 51.1 Å². The fourth-order valence-corrected chi connectivity index (χ4v) is 2.48. The van der Waals surface area contributed by atoms with Crippen molar-refractivity contribution in [1.29, 1.82) is 0 Å². The number of rotatable bonds is 8. The van der Waals surface area contributed by atoms with Crippen molar-refractivity contribution in [3.8, 4) is 0 Å². The molecular weight excluding hydrogens is 272 g/mol. The van der Waals surface area contributed by atoms with Crippen molar-refractivity contribution in [2.24, 2.45) is 0 Å². The second kappa shape index (κ2) is 9.78. The Morgan fingerprint density at radius 3 is 2.15 bits per heavy atom. The molecule has 0 saturated carbocycles. The lowest BCUT2D eigenvalue weighted by Crippen LogP contribution is -2.45. The maximum atomic E-state index is 12.6. The summed E-state index contributed by atoms with van der Waals surface area (Å²) in [6.07, 6.45) is 1.64. The predicted octanol–water partition coefficient (Wildman–Crippen LogP) is 2.89. The molecular formula is C16H27ClN2O. The van der Waals surface area contributed by atoms with Crippen LogP contribution in [0.5, 0.6) is 0 Å². The van der Waals surface area contributed by atoms with Crippen molar-refractivity contribution in [3.63, 3.8) is 0 Å². The molecule has 0 aliphatic carbocycles. The van der Waals surface area contributed by atoms with Gasteiger partial charge in [-0.3, -0.25) is 4.79 Å². The number of benzene rings is 1. The quantitative estimate of drug-likeness (QED) is 0.725. The molecule has 1 rings (SSSR count). The zero-order chi connectivity index (χ0) is 14.1. The highest BCUT2D eigenvalue weighted by molar-refractivity contribution is 5.88. The average molecular weight is 299 g/mol. The summed E-state index contributed by atoms with van der Waals surface area (Å²) in [6.45, 7) is 8.66. The first kappa shape index (κ1) is 18.9. The molecule has 1 aromatic carbocycles. The molecule has 0 aliphatic heterocycles. The summed E-state index contributed by atoms with van der Waals surface area (Å²) < 4.78 is 0. The van der Waals surface area contributed by atoms with Crippen molar-refractivity contribution < 1.29 is 4.79 Å². The molecule has 0 radical (unpaired) electrons. The number of likely N-dealkylation sites (N-methyl/N-ethyl adjacent to an activating group) is 1. The van der Waals surface area contributed by atoms with Crippen LogP contribution in [0.2, 0.25) is 0 Å². The van der Waals surface area contributed by atoms with E-state index in [1.165, 1.54) is 0 Å². The first-order valence-corrected chi connectivity index (χ1v) is 7.25. The van der Waals surface area contributed by atoms with Crippen molar-refractivity contribution in [3.05, 3.63) is 35.9 Å². The third kappa shape index (κ3) is 4.50. The Morgan fingerprint density at radius 2 is 1.65 bits per heavy atom. The summed E-state index contributed by atoms with van der Waals surface area (Å²) in [6, 6.07) is 10.1. The van der Waals surface area contributed by atoms with Gasteiger partial charge < -0.3 is 10.6 Å². The Hall–Kier alpha value is -1.06. The summed E-state index contributed by atoms with van der Waals surface area (Å²) in [5.41, 5.74) is 0.717. The highest BCUT2D eigenvalue weighted by atomic mass is 35.5. The third-order valence-corrected chi connectivity index (χ3v) is 3.81. The number of halogens is 1. The minimum Gasteiger partial charge on any atom is -0.354 e. The molecule has 114 valence electrons. The topological polar surface area (TPSA) is 41.1 Å². The zero-order valence-electron chi connectivity index (χ0n) is 12.7. The van der Waals surface area contributed by atoms with Crippen LogP contribution in [0.25, 0.3) is 0 Å². The van der Waals surface area contributed by atoms with E-state index >= 15 is 0 Å². The minimum atomic E-state index is -0.395. The van der Waals surface area contributed by atoms with Crippen LogP contribution in [0, 0.1) is 0 Å². The summed E-state index contributed by atoms with van der Waals surface area (Å²) in [5, 5.41) is 6.27. The molecule has 1 amide bonds. The Labute approximate surface area is 128 Å². The van der Waals surface area contributed by atoms with Gasteiger partial charge in [0.2, 0.25) is 5.91 Å². The number of amides is 1. The molecule has 0 fully saturated rings. The molecule has 20 heavy (non-hydrogen) atoms. The van der Waals surface area contributed by atoms with Gasteiger partial charge in [0, 0.05) is 13.1 Å². The Bertz CT molecular complexity index is 377. The fraction of sp³-hybridized carbons (Fsp3) is 0.562. The molecule has 0 aromatic heterocycles. The van der Waals surface area contributed by atoms with Crippen molar-refractivity contribution >= 4 is 18.3 Å². The van der Waals surface area contributed by atoms with Crippen LogP contribution in [-0.4, -0.2) is 25.5 Å². The van der Waals surface area contributed by atoms with Crippen LogP contribution in [0.3, 0.4) is 0 Å². The molecule has 0 unspecified atom stereocenters. The average Bonchev–Trinajstić information content (AvgIpc) is 2.47. The molecule has 0 bridgehead atoms. The predicted molar refractivity (Wildman–Crippen MR) is 87.5 cm³/mol. The van der Waals surface area contributed by atoms with Gasteiger partial charge in [-0.25, -0.2) is 0 Å². The lowest BCUT2D eigenvalue weighted by atomic mass is 9.75. The highest BCUT2D eigenvalue weighted by Gasteiger charge is 2.36.